The van der Waals surface area contributed by atoms with Gasteiger partial charge in [0, 0.05) is 29.6 Å². The van der Waals surface area contributed by atoms with E-state index in [-0.39, 0.29) is 10.7 Å². The summed E-state index contributed by atoms with van der Waals surface area (Å²) in [5.74, 6) is 0.385. The van der Waals surface area contributed by atoms with E-state index in [1.54, 1.807) is 12.1 Å². The van der Waals surface area contributed by atoms with Gasteiger partial charge in [-0.05, 0) is 30.7 Å². The van der Waals surface area contributed by atoms with Crippen molar-refractivity contribution in [1.82, 2.24) is 9.97 Å². The molecule has 0 aliphatic rings. The lowest BCUT2D eigenvalue weighted by molar-refractivity contribution is -0.384. The fraction of sp³-hybridized carbons (Fsp3) is 0.0588. The van der Waals surface area contributed by atoms with Crippen LogP contribution in [0.1, 0.15) is 5.56 Å². The molecule has 0 saturated carbocycles. The van der Waals surface area contributed by atoms with E-state index < -0.39 is 10.7 Å². The van der Waals surface area contributed by atoms with E-state index in [9.17, 15) is 14.5 Å². The molecule has 0 spiro atoms. The molecule has 132 valence electrons. The third kappa shape index (κ3) is 4.04. The van der Waals surface area contributed by atoms with Gasteiger partial charge in [-0.3, -0.25) is 10.1 Å². The van der Waals surface area contributed by atoms with Crippen LogP contribution in [0.25, 0.3) is 0 Å². The summed E-state index contributed by atoms with van der Waals surface area (Å²) in [5, 5.41) is 16.9. The number of nitro groups is 1. The molecule has 0 unspecified atom stereocenters. The number of halogens is 2. The van der Waals surface area contributed by atoms with Gasteiger partial charge >= 0.3 is 0 Å². The van der Waals surface area contributed by atoms with Crippen molar-refractivity contribution in [3.05, 3.63) is 75.3 Å². The summed E-state index contributed by atoms with van der Waals surface area (Å²) >= 11 is 5.76. The second-order valence-corrected chi connectivity index (χ2v) is 5.83. The summed E-state index contributed by atoms with van der Waals surface area (Å²) in [5.41, 5.74) is 1.93. The number of aryl methyl sites for hydroxylation is 1. The molecule has 7 nitrogen and oxygen atoms in total. The van der Waals surface area contributed by atoms with Gasteiger partial charge in [0.15, 0.2) is 0 Å². The first kappa shape index (κ1) is 17.6. The summed E-state index contributed by atoms with van der Waals surface area (Å²) in [6.45, 7) is 1.83. The molecule has 2 aromatic carbocycles. The van der Waals surface area contributed by atoms with Crippen molar-refractivity contribution in [2.24, 2.45) is 0 Å². The highest BCUT2D eigenvalue weighted by Crippen LogP contribution is 2.26. The number of nitrogens with zero attached hydrogens (tertiary/aromatic N) is 3. The van der Waals surface area contributed by atoms with Crippen molar-refractivity contribution in [1.29, 1.82) is 0 Å². The Labute approximate surface area is 153 Å². The highest BCUT2D eigenvalue weighted by Gasteiger charge is 2.10. The number of rotatable bonds is 5. The van der Waals surface area contributed by atoms with E-state index in [1.165, 1.54) is 36.7 Å². The minimum atomic E-state index is -0.511. The summed E-state index contributed by atoms with van der Waals surface area (Å²) in [7, 11) is 0. The molecule has 0 amide bonds. The maximum absolute atomic E-state index is 13.2. The van der Waals surface area contributed by atoms with Gasteiger partial charge in [0.2, 0.25) is 0 Å². The Morgan fingerprint density at radius 1 is 1.08 bits per heavy atom. The number of aromatic nitrogens is 2. The van der Waals surface area contributed by atoms with Gasteiger partial charge in [0.05, 0.1) is 9.95 Å². The molecule has 0 saturated heterocycles. The van der Waals surface area contributed by atoms with Crippen LogP contribution >= 0.6 is 11.6 Å². The van der Waals surface area contributed by atoms with Crippen LogP contribution in [-0.2, 0) is 0 Å². The fourth-order valence-electron chi connectivity index (χ4n) is 2.21. The molecule has 9 heteroatoms. The Kier molecular flexibility index (Phi) is 4.94. The van der Waals surface area contributed by atoms with Gasteiger partial charge in [-0.1, -0.05) is 17.7 Å². The maximum atomic E-state index is 13.2. The predicted molar refractivity (Wildman–Crippen MR) is 97.8 cm³/mol. The molecule has 1 aromatic heterocycles. The molecule has 26 heavy (non-hydrogen) atoms. The van der Waals surface area contributed by atoms with Gasteiger partial charge in [-0.25, -0.2) is 14.4 Å². The lowest BCUT2D eigenvalue weighted by atomic mass is 10.2. The molecule has 0 fully saturated rings. The topological polar surface area (TPSA) is 93.0 Å². The highest BCUT2D eigenvalue weighted by molar-refractivity contribution is 6.31. The fourth-order valence-corrected chi connectivity index (χ4v) is 2.39. The van der Waals surface area contributed by atoms with E-state index in [4.69, 9.17) is 11.6 Å². The summed E-state index contributed by atoms with van der Waals surface area (Å²) in [4.78, 5) is 18.7. The normalized spacial score (nSPS) is 10.4. The van der Waals surface area contributed by atoms with E-state index in [0.717, 1.165) is 5.56 Å². The van der Waals surface area contributed by atoms with Crippen LogP contribution in [0.15, 0.2) is 48.8 Å². The largest absolute Gasteiger partial charge is 0.340 e. The molecule has 0 atom stereocenters. The Morgan fingerprint density at radius 2 is 1.81 bits per heavy atom. The quantitative estimate of drug-likeness (QED) is 0.484. The zero-order valence-electron chi connectivity index (χ0n) is 13.5. The van der Waals surface area contributed by atoms with Crippen molar-refractivity contribution in [3.63, 3.8) is 0 Å². The highest BCUT2D eigenvalue weighted by atomic mass is 35.5. The number of hydrogen-bond acceptors (Lipinski definition) is 6. The first-order chi connectivity index (χ1) is 12.4. The Hall–Kier alpha value is -3.26. The third-order valence-corrected chi connectivity index (χ3v) is 3.84. The van der Waals surface area contributed by atoms with Crippen LogP contribution in [-0.4, -0.2) is 14.9 Å². The Morgan fingerprint density at radius 3 is 2.50 bits per heavy atom. The lowest BCUT2D eigenvalue weighted by Gasteiger charge is -2.10. The number of non-ortho nitro benzene ring substituents is 1. The van der Waals surface area contributed by atoms with Crippen LogP contribution in [0.5, 0.6) is 0 Å². The molecule has 3 aromatic rings. The van der Waals surface area contributed by atoms with E-state index in [1.807, 2.05) is 6.92 Å². The van der Waals surface area contributed by atoms with Crippen molar-refractivity contribution >= 4 is 40.3 Å². The first-order valence-electron chi connectivity index (χ1n) is 7.48. The van der Waals surface area contributed by atoms with Gasteiger partial charge in [0.25, 0.3) is 5.69 Å². The van der Waals surface area contributed by atoms with Crippen molar-refractivity contribution < 1.29 is 9.31 Å². The predicted octanol–water partition coefficient (Wildman–Crippen LogP) is 4.97. The third-order valence-electron chi connectivity index (χ3n) is 3.55. The van der Waals surface area contributed by atoms with Crippen molar-refractivity contribution in [2.75, 3.05) is 10.6 Å². The van der Waals surface area contributed by atoms with Crippen molar-refractivity contribution in [2.45, 2.75) is 6.92 Å². The van der Waals surface area contributed by atoms with Crippen molar-refractivity contribution in [3.8, 4) is 0 Å². The van der Waals surface area contributed by atoms with Crippen LogP contribution in [0.3, 0.4) is 0 Å². The van der Waals surface area contributed by atoms with Crippen LogP contribution in [0.4, 0.5) is 33.1 Å². The zero-order valence-corrected chi connectivity index (χ0v) is 14.3. The molecule has 1 heterocycles. The first-order valence-corrected chi connectivity index (χ1v) is 7.86. The number of benzene rings is 2. The van der Waals surface area contributed by atoms with Crippen LogP contribution < -0.4 is 10.6 Å². The van der Waals surface area contributed by atoms with E-state index in [0.29, 0.717) is 23.0 Å². The Bertz CT molecular complexity index is 983. The Balaban J connectivity index is 1.82. The van der Waals surface area contributed by atoms with Gasteiger partial charge in [-0.15, -0.1) is 0 Å². The smallest absolute Gasteiger partial charge is 0.271 e. The molecular weight excluding hydrogens is 361 g/mol. The minimum Gasteiger partial charge on any atom is -0.340 e. The number of anilines is 4. The molecule has 2 N–H and O–H groups in total. The minimum absolute atomic E-state index is 0.00498. The number of nitro benzene ring substituents is 1. The van der Waals surface area contributed by atoms with Gasteiger partial charge in [0.1, 0.15) is 23.8 Å². The standard InChI is InChI=1S/C17H13ClFN5O2/c1-10-2-4-12(24(25)26)7-15(10)23-17-8-16(20-9-21-17)22-11-3-5-14(19)13(18)6-11/h2-9H,1H3,(H2,20,21,22,23). The average Bonchev–Trinajstić information content (AvgIpc) is 2.60. The number of hydrogen-bond donors (Lipinski definition) is 2. The van der Waals surface area contributed by atoms with Crippen LogP contribution in [0, 0.1) is 22.9 Å². The van der Waals surface area contributed by atoms with Crippen LogP contribution in [0.2, 0.25) is 5.02 Å². The van der Waals surface area contributed by atoms with E-state index in [2.05, 4.69) is 20.6 Å². The average molecular weight is 374 g/mol. The summed E-state index contributed by atoms with van der Waals surface area (Å²) < 4.78 is 13.2. The molecule has 0 aliphatic heterocycles. The van der Waals surface area contributed by atoms with Gasteiger partial charge < -0.3 is 10.6 Å². The van der Waals surface area contributed by atoms with E-state index >= 15 is 0 Å². The molecule has 3 rings (SSSR count). The SMILES string of the molecule is Cc1ccc([N+](=O)[O-])cc1Nc1cc(Nc2ccc(F)c(Cl)c2)ncn1. The zero-order chi connectivity index (χ0) is 18.7. The molecule has 0 radical (unpaired) electrons. The number of nitrogens with one attached hydrogen (secondary N) is 2. The monoisotopic (exact) mass is 373 g/mol. The molecular formula is C17H13ClFN5O2. The van der Waals surface area contributed by atoms with Gasteiger partial charge in [-0.2, -0.15) is 0 Å². The lowest BCUT2D eigenvalue weighted by Crippen LogP contribution is -2.00. The second-order valence-electron chi connectivity index (χ2n) is 5.42. The summed E-state index contributed by atoms with van der Waals surface area (Å²) in [6, 6.07) is 10.4. The summed E-state index contributed by atoms with van der Waals surface area (Å²) in [6.07, 6.45) is 1.34. The molecule has 0 aliphatic carbocycles. The maximum Gasteiger partial charge on any atom is 0.271 e. The molecule has 0 bridgehead atoms. The second kappa shape index (κ2) is 7.32.